The Balaban J connectivity index is 0.00000320. The van der Waals surface area contributed by atoms with E-state index in [9.17, 15) is 5.11 Å². The number of aliphatic hydroxyl groups excluding tert-OH is 1. The van der Waals surface area contributed by atoms with Crippen molar-refractivity contribution in [1.82, 2.24) is 20.4 Å². The number of benzene rings is 1. The molecule has 0 saturated heterocycles. The second-order valence-electron chi connectivity index (χ2n) is 6.18. The quantitative estimate of drug-likeness (QED) is 0.220. The van der Waals surface area contributed by atoms with Crippen molar-refractivity contribution < 1.29 is 9.84 Å². The van der Waals surface area contributed by atoms with E-state index in [1.807, 2.05) is 49.5 Å². The highest BCUT2D eigenvalue weighted by atomic mass is 127. The molecule has 3 N–H and O–H groups in total. The Kier molecular flexibility index (Phi) is 9.89. The monoisotopic (exact) mass is 561 g/mol. The number of nitrogens with zero attached hydrogens (tertiary/aromatic N) is 3. The number of guanidine groups is 1. The van der Waals surface area contributed by atoms with Crippen LogP contribution in [0.4, 0.5) is 0 Å². The molecule has 0 aliphatic carbocycles. The lowest BCUT2D eigenvalue weighted by Gasteiger charge is -2.14. The zero-order chi connectivity index (χ0) is 20.6. The lowest BCUT2D eigenvalue weighted by atomic mass is 10.3. The van der Waals surface area contributed by atoms with Crippen molar-refractivity contribution in [1.29, 1.82) is 0 Å². The van der Waals surface area contributed by atoms with Gasteiger partial charge in [0.1, 0.15) is 11.9 Å². The maximum absolute atomic E-state index is 10.3. The Morgan fingerprint density at radius 2 is 2.00 bits per heavy atom. The van der Waals surface area contributed by atoms with Crippen LogP contribution in [0.2, 0.25) is 4.34 Å². The summed E-state index contributed by atoms with van der Waals surface area (Å²) in [5.41, 5.74) is 1.78. The van der Waals surface area contributed by atoms with Crippen molar-refractivity contribution in [2.45, 2.75) is 19.6 Å². The number of hydrogen-bond acceptors (Lipinski definition) is 5. The van der Waals surface area contributed by atoms with Gasteiger partial charge < -0.3 is 20.5 Å². The van der Waals surface area contributed by atoms with Crippen molar-refractivity contribution in [3.05, 3.63) is 63.6 Å². The Morgan fingerprint density at radius 1 is 1.23 bits per heavy atom. The SMILES string of the molecule is CCNC(=NCc1ccn(-c2ccc(OC)cc2)n1)NCC(O)c1ccc(Cl)s1.I. The lowest BCUT2D eigenvalue weighted by molar-refractivity contribution is 0.184. The van der Waals surface area contributed by atoms with Crippen LogP contribution in [0.15, 0.2) is 53.7 Å². The van der Waals surface area contributed by atoms with Crippen LogP contribution in [0.5, 0.6) is 5.75 Å². The van der Waals surface area contributed by atoms with Gasteiger partial charge in [0.2, 0.25) is 0 Å². The molecule has 0 spiro atoms. The molecule has 0 aliphatic rings. The van der Waals surface area contributed by atoms with Crippen molar-refractivity contribution in [3.8, 4) is 11.4 Å². The highest BCUT2D eigenvalue weighted by Crippen LogP contribution is 2.26. The molecular weight excluding hydrogens is 537 g/mol. The normalized spacial score (nSPS) is 12.2. The second-order valence-corrected chi connectivity index (χ2v) is 7.93. The van der Waals surface area contributed by atoms with E-state index in [1.165, 1.54) is 11.3 Å². The molecule has 3 rings (SSSR count). The molecule has 2 aromatic heterocycles. The first-order valence-electron chi connectivity index (χ1n) is 9.23. The van der Waals surface area contributed by atoms with Gasteiger partial charge in [-0.15, -0.1) is 35.3 Å². The average Bonchev–Trinajstić information content (AvgIpc) is 3.39. The first kappa shape index (κ1) is 24.4. The van der Waals surface area contributed by atoms with Crippen molar-refractivity contribution in [3.63, 3.8) is 0 Å². The Bertz CT molecular complexity index is 945. The highest BCUT2D eigenvalue weighted by Gasteiger charge is 2.11. The van der Waals surface area contributed by atoms with Gasteiger partial charge in [0, 0.05) is 24.2 Å². The van der Waals surface area contributed by atoms with E-state index in [0.29, 0.717) is 29.9 Å². The zero-order valence-electron chi connectivity index (χ0n) is 16.7. The third kappa shape index (κ3) is 6.86. The summed E-state index contributed by atoms with van der Waals surface area (Å²) in [5.74, 6) is 1.42. The minimum Gasteiger partial charge on any atom is -0.497 e. The Morgan fingerprint density at radius 3 is 2.63 bits per heavy atom. The van der Waals surface area contributed by atoms with Gasteiger partial charge in [0.05, 0.1) is 29.4 Å². The number of thiophene rings is 1. The summed E-state index contributed by atoms with van der Waals surface area (Å²) in [6.45, 7) is 3.46. The third-order valence-electron chi connectivity index (χ3n) is 4.11. The first-order chi connectivity index (χ1) is 14.1. The smallest absolute Gasteiger partial charge is 0.191 e. The molecular formula is C20H25ClIN5O2S. The number of halogens is 2. The third-order valence-corrected chi connectivity index (χ3v) is 5.44. The molecule has 1 aromatic carbocycles. The topological polar surface area (TPSA) is 83.7 Å². The molecule has 7 nitrogen and oxygen atoms in total. The summed E-state index contributed by atoms with van der Waals surface area (Å²) in [7, 11) is 1.64. The van der Waals surface area contributed by atoms with Crippen LogP contribution < -0.4 is 15.4 Å². The van der Waals surface area contributed by atoms with Crippen LogP contribution in [-0.2, 0) is 6.54 Å². The van der Waals surface area contributed by atoms with Gasteiger partial charge in [0.15, 0.2) is 5.96 Å². The van der Waals surface area contributed by atoms with Gasteiger partial charge in [-0.25, -0.2) is 9.67 Å². The van der Waals surface area contributed by atoms with Gasteiger partial charge in [-0.3, -0.25) is 0 Å². The van der Waals surface area contributed by atoms with E-state index in [1.54, 1.807) is 17.9 Å². The van der Waals surface area contributed by atoms with Gasteiger partial charge in [-0.2, -0.15) is 5.10 Å². The second kappa shape index (κ2) is 12.1. The van der Waals surface area contributed by atoms with Gasteiger partial charge in [-0.1, -0.05) is 11.6 Å². The number of rotatable bonds is 8. The van der Waals surface area contributed by atoms with Crippen LogP contribution >= 0.6 is 46.9 Å². The van der Waals surface area contributed by atoms with Crippen molar-refractivity contribution >= 4 is 52.9 Å². The summed E-state index contributed by atoms with van der Waals surface area (Å²) < 4.78 is 7.64. The van der Waals surface area contributed by atoms with E-state index in [0.717, 1.165) is 22.0 Å². The Hall–Kier alpha value is -1.82. The lowest BCUT2D eigenvalue weighted by Crippen LogP contribution is -2.39. The Labute approximate surface area is 202 Å². The zero-order valence-corrected chi connectivity index (χ0v) is 20.6. The largest absolute Gasteiger partial charge is 0.497 e. The van der Waals surface area contributed by atoms with Crippen LogP contribution in [0.25, 0.3) is 5.69 Å². The van der Waals surface area contributed by atoms with Crippen LogP contribution in [0, 0.1) is 0 Å². The molecule has 3 aromatic rings. The number of hydrogen-bond donors (Lipinski definition) is 3. The summed E-state index contributed by atoms with van der Waals surface area (Å²) in [5, 5.41) is 21.2. The van der Waals surface area contributed by atoms with E-state index in [4.69, 9.17) is 16.3 Å². The maximum atomic E-state index is 10.3. The predicted octanol–water partition coefficient (Wildman–Crippen LogP) is 4.00. The van der Waals surface area contributed by atoms with Crippen molar-refractivity contribution in [2.24, 2.45) is 4.99 Å². The fourth-order valence-electron chi connectivity index (χ4n) is 2.63. The molecule has 2 heterocycles. The summed E-state index contributed by atoms with van der Waals surface area (Å²) in [6.07, 6.45) is 1.25. The molecule has 30 heavy (non-hydrogen) atoms. The highest BCUT2D eigenvalue weighted by molar-refractivity contribution is 14.0. The molecule has 0 saturated carbocycles. The number of methoxy groups -OCH3 is 1. The van der Waals surface area contributed by atoms with Crippen LogP contribution in [0.3, 0.4) is 0 Å². The number of aromatic nitrogens is 2. The fraction of sp³-hybridized carbons (Fsp3) is 0.300. The number of aliphatic hydroxyl groups is 1. The number of aliphatic imine (C=N–C) groups is 1. The molecule has 0 radical (unpaired) electrons. The van der Waals surface area contributed by atoms with E-state index >= 15 is 0 Å². The number of ether oxygens (including phenoxy) is 1. The van der Waals surface area contributed by atoms with Gasteiger partial charge >= 0.3 is 0 Å². The van der Waals surface area contributed by atoms with Crippen molar-refractivity contribution in [2.75, 3.05) is 20.2 Å². The van der Waals surface area contributed by atoms with Crippen LogP contribution in [-0.4, -0.2) is 41.0 Å². The maximum Gasteiger partial charge on any atom is 0.191 e. The van der Waals surface area contributed by atoms with Crippen LogP contribution in [0.1, 0.15) is 23.6 Å². The summed E-state index contributed by atoms with van der Waals surface area (Å²) in [4.78, 5) is 5.37. The molecule has 1 unspecified atom stereocenters. The predicted molar refractivity (Wildman–Crippen MR) is 133 cm³/mol. The van der Waals surface area contributed by atoms with Gasteiger partial charge in [-0.05, 0) is 49.4 Å². The summed E-state index contributed by atoms with van der Waals surface area (Å²) in [6, 6.07) is 13.2. The van der Waals surface area contributed by atoms with E-state index in [2.05, 4.69) is 20.7 Å². The summed E-state index contributed by atoms with van der Waals surface area (Å²) >= 11 is 7.30. The molecule has 1 atom stereocenters. The molecule has 0 fully saturated rings. The minimum absolute atomic E-state index is 0. The molecule has 0 aliphatic heterocycles. The first-order valence-corrected chi connectivity index (χ1v) is 10.4. The minimum atomic E-state index is -0.648. The van der Waals surface area contributed by atoms with E-state index in [-0.39, 0.29) is 24.0 Å². The standard InChI is InChI=1S/C20H24ClN5O2S.HI/c1-3-22-20(24-13-17(27)18-8-9-19(21)29-18)23-12-14-10-11-26(25-14)15-4-6-16(28-2)7-5-15;/h4-11,17,27H,3,12-13H2,1-2H3,(H2,22,23,24);1H. The van der Waals surface area contributed by atoms with E-state index < -0.39 is 6.10 Å². The number of nitrogens with one attached hydrogen (secondary N) is 2. The van der Waals surface area contributed by atoms with Gasteiger partial charge in [0.25, 0.3) is 0 Å². The average molecular weight is 562 g/mol. The molecule has 162 valence electrons. The molecule has 0 amide bonds. The molecule has 10 heteroatoms. The fourth-order valence-corrected chi connectivity index (χ4v) is 3.67. The molecule has 0 bridgehead atoms.